The Kier molecular flexibility index (Phi) is 3.89. The van der Waals surface area contributed by atoms with Crippen LogP contribution in [-0.2, 0) is 4.79 Å². The number of aliphatic carboxylic acids is 1. The number of phenolic OH excluding ortho intramolecular Hbond substituents is 1. The smallest absolute Gasteiger partial charge is 0.322 e. The van der Waals surface area contributed by atoms with E-state index in [1.165, 1.54) is 6.07 Å². The lowest BCUT2D eigenvalue weighted by Gasteiger charge is -2.05. The van der Waals surface area contributed by atoms with Gasteiger partial charge >= 0.3 is 5.97 Å². The van der Waals surface area contributed by atoms with Gasteiger partial charge in [0.1, 0.15) is 12.3 Å². The molecule has 0 saturated carbocycles. The number of benzene rings is 1. The molecule has 15 heavy (non-hydrogen) atoms. The van der Waals surface area contributed by atoms with Crippen molar-refractivity contribution in [2.24, 2.45) is 0 Å². The highest BCUT2D eigenvalue weighted by Crippen LogP contribution is 2.23. The Morgan fingerprint density at radius 2 is 2.07 bits per heavy atom. The minimum absolute atomic E-state index is 0.0724. The van der Waals surface area contributed by atoms with E-state index in [2.05, 4.69) is 5.32 Å². The van der Waals surface area contributed by atoms with Crippen LogP contribution in [-0.4, -0.2) is 28.6 Å². The molecule has 6 heteroatoms. The molecule has 0 radical (unpaired) electrons. The van der Waals surface area contributed by atoms with Crippen LogP contribution in [0.25, 0.3) is 0 Å². The number of carboxylic acid groups (broad SMARTS) is 1. The van der Waals surface area contributed by atoms with Gasteiger partial charge in [-0.2, -0.15) is 0 Å². The first kappa shape index (κ1) is 11.8. The third kappa shape index (κ3) is 3.08. The van der Waals surface area contributed by atoms with Crippen LogP contribution in [0.5, 0.6) is 5.75 Å². The van der Waals surface area contributed by atoms with Crippen LogP contribution in [0.15, 0.2) is 18.2 Å². The molecule has 0 spiro atoms. The van der Waals surface area contributed by atoms with Gasteiger partial charge < -0.3 is 15.5 Å². The van der Waals surface area contributed by atoms with Crippen molar-refractivity contribution < 1.29 is 19.8 Å². The number of carbonyl (C=O) groups excluding carboxylic acids is 1. The van der Waals surface area contributed by atoms with E-state index in [-0.39, 0.29) is 11.3 Å². The number of para-hydroxylation sites is 1. The highest BCUT2D eigenvalue weighted by Gasteiger charge is 2.13. The van der Waals surface area contributed by atoms with Crippen molar-refractivity contribution in [3.05, 3.63) is 27.3 Å². The zero-order chi connectivity index (χ0) is 11.4. The third-order valence-corrected chi connectivity index (χ3v) is 2.50. The van der Waals surface area contributed by atoms with Crippen LogP contribution in [0.3, 0.4) is 0 Å². The maximum Gasteiger partial charge on any atom is 0.322 e. The number of rotatable bonds is 3. The summed E-state index contributed by atoms with van der Waals surface area (Å²) in [7, 11) is 0. The first-order chi connectivity index (χ1) is 7.02. The predicted molar refractivity (Wildman–Crippen MR) is 60.8 cm³/mol. The molecule has 0 unspecified atom stereocenters. The van der Waals surface area contributed by atoms with Crippen molar-refractivity contribution in [3.8, 4) is 5.75 Å². The van der Waals surface area contributed by atoms with Gasteiger partial charge in [-0.05, 0) is 34.7 Å². The van der Waals surface area contributed by atoms with E-state index in [4.69, 9.17) is 5.11 Å². The van der Waals surface area contributed by atoms with Gasteiger partial charge in [-0.15, -0.1) is 0 Å². The Hall–Kier alpha value is -1.31. The molecule has 5 nitrogen and oxygen atoms in total. The second kappa shape index (κ2) is 4.96. The number of aromatic hydroxyl groups is 1. The molecule has 1 rings (SSSR count). The molecular formula is C9H8INO4. The van der Waals surface area contributed by atoms with Crippen LogP contribution in [0.4, 0.5) is 0 Å². The maximum atomic E-state index is 11.4. The molecule has 0 aromatic heterocycles. The van der Waals surface area contributed by atoms with Crippen molar-refractivity contribution in [1.82, 2.24) is 5.32 Å². The lowest BCUT2D eigenvalue weighted by atomic mass is 10.2. The van der Waals surface area contributed by atoms with Gasteiger partial charge in [-0.1, -0.05) is 6.07 Å². The molecule has 0 heterocycles. The molecule has 0 aliphatic carbocycles. The van der Waals surface area contributed by atoms with Gasteiger partial charge in [0.2, 0.25) is 0 Å². The number of nitrogens with one attached hydrogen (secondary N) is 1. The van der Waals surface area contributed by atoms with Crippen LogP contribution in [0.2, 0.25) is 0 Å². The fourth-order valence-corrected chi connectivity index (χ4v) is 1.45. The highest BCUT2D eigenvalue weighted by atomic mass is 127. The summed E-state index contributed by atoms with van der Waals surface area (Å²) < 4.78 is 0.538. The summed E-state index contributed by atoms with van der Waals surface area (Å²) in [5.41, 5.74) is 0.0724. The van der Waals surface area contributed by atoms with Crippen LogP contribution < -0.4 is 5.32 Å². The number of amides is 1. The van der Waals surface area contributed by atoms with Gasteiger partial charge in [-0.3, -0.25) is 9.59 Å². The fourth-order valence-electron chi connectivity index (χ4n) is 0.950. The lowest BCUT2D eigenvalue weighted by molar-refractivity contribution is -0.135. The van der Waals surface area contributed by atoms with E-state index >= 15 is 0 Å². The SMILES string of the molecule is O=C(O)CNC(=O)c1cccc(I)c1O. The predicted octanol–water partition coefficient (Wildman–Crippen LogP) is 0.811. The summed E-state index contributed by atoms with van der Waals surface area (Å²) in [6.45, 7) is -0.469. The molecule has 0 atom stereocenters. The van der Waals surface area contributed by atoms with Crippen molar-refractivity contribution in [1.29, 1.82) is 0 Å². The fraction of sp³-hybridized carbons (Fsp3) is 0.111. The molecule has 0 fully saturated rings. The van der Waals surface area contributed by atoms with Gasteiger partial charge in [0.25, 0.3) is 5.91 Å². The summed E-state index contributed by atoms with van der Waals surface area (Å²) in [4.78, 5) is 21.6. The average Bonchev–Trinajstić information content (AvgIpc) is 2.18. The summed E-state index contributed by atoms with van der Waals surface area (Å²) in [5, 5.41) is 20.0. The van der Waals surface area contributed by atoms with E-state index in [1.807, 2.05) is 22.6 Å². The van der Waals surface area contributed by atoms with E-state index in [1.54, 1.807) is 12.1 Å². The average molecular weight is 321 g/mol. The number of phenols is 1. The summed E-state index contributed by atoms with van der Waals surface area (Å²) in [6, 6.07) is 4.68. The summed E-state index contributed by atoms with van der Waals surface area (Å²) in [6.07, 6.45) is 0. The normalized spacial score (nSPS) is 9.67. The molecule has 1 aromatic rings. The van der Waals surface area contributed by atoms with Gasteiger partial charge in [0.05, 0.1) is 9.13 Å². The van der Waals surface area contributed by atoms with E-state index in [0.29, 0.717) is 3.57 Å². The summed E-state index contributed by atoms with van der Waals surface area (Å²) in [5.74, 6) is -1.87. The van der Waals surface area contributed by atoms with Crippen LogP contribution in [0.1, 0.15) is 10.4 Å². The molecule has 0 saturated heterocycles. The molecular weight excluding hydrogens is 313 g/mol. The minimum Gasteiger partial charge on any atom is -0.506 e. The Morgan fingerprint density at radius 3 is 2.67 bits per heavy atom. The van der Waals surface area contributed by atoms with Gasteiger partial charge in [0, 0.05) is 0 Å². The first-order valence-electron chi connectivity index (χ1n) is 4.00. The number of hydrogen-bond donors (Lipinski definition) is 3. The topological polar surface area (TPSA) is 86.6 Å². The van der Waals surface area contributed by atoms with Crippen molar-refractivity contribution in [2.45, 2.75) is 0 Å². The second-order valence-corrected chi connectivity index (χ2v) is 3.87. The van der Waals surface area contributed by atoms with Gasteiger partial charge in [0.15, 0.2) is 0 Å². The standard InChI is InChI=1S/C9H8INO4/c10-6-3-1-2-5(8(6)14)9(15)11-4-7(12)13/h1-3,14H,4H2,(H,11,15)(H,12,13). The Balaban J connectivity index is 2.82. The van der Waals surface area contributed by atoms with Crippen molar-refractivity contribution in [3.63, 3.8) is 0 Å². The largest absolute Gasteiger partial charge is 0.506 e. The highest BCUT2D eigenvalue weighted by molar-refractivity contribution is 14.1. The second-order valence-electron chi connectivity index (χ2n) is 2.71. The maximum absolute atomic E-state index is 11.4. The monoisotopic (exact) mass is 321 g/mol. The number of carbonyl (C=O) groups is 2. The van der Waals surface area contributed by atoms with E-state index in [0.717, 1.165) is 0 Å². The van der Waals surface area contributed by atoms with Crippen molar-refractivity contribution in [2.75, 3.05) is 6.54 Å². The Morgan fingerprint density at radius 1 is 1.40 bits per heavy atom. The molecule has 0 aliphatic heterocycles. The molecule has 0 bridgehead atoms. The quantitative estimate of drug-likeness (QED) is 0.719. The van der Waals surface area contributed by atoms with Gasteiger partial charge in [-0.25, -0.2) is 0 Å². The summed E-state index contributed by atoms with van der Waals surface area (Å²) >= 11 is 1.88. The number of halogens is 1. The number of carboxylic acids is 1. The Labute approximate surface area is 99.2 Å². The zero-order valence-corrected chi connectivity index (χ0v) is 9.69. The van der Waals surface area contributed by atoms with Crippen LogP contribution in [0, 0.1) is 3.57 Å². The number of hydrogen-bond acceptors (Lipinski definition) is 3. The molecule has 1 aromatic carbocycles. The molecule has 3 N–H and O–H groups in total. The molecule has 1 amide bonds. The third-order valence-electron chi connectivity index (χ3n) is 1.63. The van der Waals surface area contributed by atoms with E-state index < -0.39 is 18.4 Å². The van der Waals surface area contributed by atoms with E-state index in [9.17, 15) is 14.7 Å². The zero-order valence-electron chi connectivity index (χ0n) is 7.53. The molecule has 80 valence electrons. The molecule has 0 aliphatic rings. The Bertz CT molecular complexity index is 405. The van der Waals surface area contributed by atoms with Crippen molar-refractivity contribution >= 4 is 34.5 Å². The lowest BCUT2D eigenvalue weighted by Crippen LogP contribution is -2.29. The minimum atomic E-state index is -1.13. The van der Waals surface area contributed by atoms with Crippen LogP contribution >= 0.6 is 22.6 Å². The first-order valence-corrected chi connectivity index (χ1v) is 5.07.